The summed E-state index contributed by atoms with van der Waals surface area (Å²) in [7, 11) is 0. The summed E-state index contributed by atoms with van der Waals surface area (Å²) < 4.78 is 32.7. The monoisotopic (exact) mass is 517 g/mol. The molecule has 0 unspecified atom stereocenters. The summed E-state index contributed by atoms with van der Waals surface area (Å²) in [5, 5.41) is 0. The Morgan fingerprint density at radius 2 is 1.58 bits per heavy atom. The van der Waals surface area contributed by atoms with Gasteiger partial charge in [0.1, 0.15) is 13.3 Å². The Morgan fingerprint density at radius 3 is 2.18 bits per heavy atom. The molecule has 2 aliphatic heterocycles. The van der Waals surface area contributed by atoms with Gasteiger partial charge in [-0.1, -0.05) is 48.5 Å². The fourth-order valence-electron chi connectivity index (χ4n) is 6.24. The van der Waals surface area contributed by atoms with Gasteiger partial charge in [0.15, 0.2) is 11.6 Å². The Bertz CT molecular complexity index is 1340. The highest BCUT2D eigenvalue weighted by atomic mass is 19.2. The number of fused-ring (bicyclic) bond motifs is 5. The van der Waals surface area contributed by atoms with Crippen molar-refractivity contribution in [2.45, 2.75) is 24.7 Å². The van der Waals surface area contributed by atoms with Crippen molar-refractivity contribution in [1.82, 2.24) is 9.80 Å². The maximum atomic E-state index is 14.0. The second-order valence-electron chi connectivity index (χ2n) is 10.2. The molecule has 0 atom stereocenters. The van der Waals surface area contributed by atoms with Crippen LogP contribution in [-0.2, 0) is 14.9 Å². The molecule has 3 aromatic carbocycles. The SMILES string of the molecule is O=C1COCN1C(=O)N(CCCN1CCC2(CC1)c1ccccc1-c1ccccc12)c1ccc(F)c(F)c1. The van der Waals surface area contributed by atoms with Gasteiger partial charge < -0.3 is 9.64 Å². The van der Waals surface area contributed by atoms with Crippen molar-refractivity contribution in [2.24, 2.45) is 0 Å². The normalized spacial score (nSPS) is 18.1. The molecule has 0 radical (unpaired) electrons. The number of urea groups is 1. The van der Waals surface area contributed by atoms with Gasteiger partial charge in [-0.3, -0.25) is 9.69 Å². The molecule has 196 valence electrons. The number of amides is 3. The summed E-state index contributed by atoms with van der Waals surface area (Å²) >= 11 is 0. The molecule has 2 fully saturated rings. The van der Waals surface area contributed by atoms with Crippen LogP contribution >= 0.6 is 0 Å². The molecule has 0 saturated carbocycles. The number of anilines is 1. The quantitative estimate of drug-likeness (QED) is 0.469. The minimum atomic E-state index is -1.04. The van der Waals surface area contributed by atoms with E-state index >= 15 is 0 Å². The third-order valence-electron chi connectivity index (χ3n) is 8.16. The third kappa shape index (κ3) is 4.18. The molecule has 2 saturated heterocycles. The van der Waals surface area contributed by atoms with Crippen molar-refractivity contribution in [3.8, 4) is 11.1 Å². The largest absolute Gasteiger partial charge is 0.351 e. The minimum Gasteiger partial charge on any atom is -0.351 e. The van der Waals surface area contributed by atoms with Crippen molar-refractivity contribution < 1.29 is 23.1 Å². The molecule has 3 amide bonds. The topological polar surface area (TPSA) is 53.1 Å². The highest BCUT2D eigenvalue weighted by Crippen LogP contribution is 2.53. The number of rotatable bonds is 5. The van der Waals surface area contributed by atoms with Gasteiger partial charge in [-0.25, -0.2) is 18.5 Å². The number of nitrogens with zero attached hydrogens (tertiary/aromatic N) is 3. The van der Waals surface area contributed by atoms with Crippen LogP contribution < -0.4 is 4.90 Å². The lowest BCUT2D eigenvalue weighted by molar-refractivity contribution is -0.124. The summed E-state index contributed by atoms with van der Waals surface area (Å²) in [6.07, 6.45) is 2.63. The highest BCUT2D eigenvalue weighted by Gasteiger charge is 2.44. The van der Waals surface area contributed by atoms with E-state index in [9.17, 15) is 18.4 Å². The number of halogens is 2. The molecular weight excluding hydrogens is 488 g/mol. The van der Waals surface area contributed by atoms with Crippen molar-refractivity contribution in [3.63, 3.8) is 0 Å². The van der Waals surface area contributed by atoms with Gasteiger partial charge in [0.05, 0.1) is 0 Å². The number of imide groups is 1. The Balaban J connectivity index is 1.14. The fourth-order valence-corrected chi connectivity index (χ4v) is 6.24. The molecular formula is C30H29F2N3O3. The van der Waals surface area contributed by atoms with Gasteiger partial charge in [0.25, 0.3) is 5.91 Å². The number of likely N-dealkylation sites (tertiary alicyclic amines) is 1. The lowest BCUT2D eigenvalue weighted by atomic mass is 9.71. The second-order valence-corrected chi connectivity index (χ2v) is 10.2. The van der Waals surface area contributed by atoms with Crippen LogP contribution in [0.1, 0.15) is 30.4 Å². The number of hydrogen-bond donors (Lipinski definition) is 0. The van der Waals surface area contributed by atoms with E-state index in [1.165, 1.54) is 33.2 Å². The zero-order valence-electron chi connectivity index (χ0n) is 21.0. The minimum absolute atomic E-state index is 0.0213. The van der Waals surface area contributed by atoms with Gasteiger partial charge in [-0.05, 0) is 73.3 Å². The number of ether oxygens (including phenoxy) is 1. The van der Waals surface area contributed by atoms with Crippen LogP contribution in [0.5, 0.6) is 0 Å². The maximum Gasteiger partial charge on any atom is 0.333 e. The van der Waals surface area contributed by atoms with Crippen LogP contribution in [0.25, 0.3) is 11.1 Å². The average Bonchev–Trinajstić information content (AvgIpc) is 3.49. The van der Waals surface area contributed by atoms with E-state index in [0.717, 1.165) is 49.5 Å². The van der Waals surface area contributed by atoms with E-state index in [4.69, 9.17) is 4.74 Å². The van der Waals surface area contributed by atoms with Gasteiger partial charge in [-0.15, -0.1) is 0 Å². The van der Waals surface area contributed by atoms with Gasteiger partial charge in [-0.2, -0.15) is 0 Å². The Labute approximate surface area is 220 Å². The molecule has 0 bridgehead atoms. The van der Waals surface area contributed by atoms with Gasteiger partial charge in [0, 0.05) is 23.7 Å². The van der Waals surface area contributed by atoms with Crippen LogP contribution in [0.2, 0.25) is 0 Å². The molecule has 8 heteroatoms. The van der Waals surface area contributed by atoms with Crippen LogP contribution in [0.4, 0.5) is 19.3 Å². The molecule has 0 aromatic heterocycles. The molecule has 3 aliphatic rings. The predicted molar refractivity (Wildman–Crippen MR) is 140 cm³/mol. The van der Waals surface area contributed by atoms with Crippen LogP contribution in [-0.4, -0.2) is 61.3 Å². The summed E-state index contributed by atoms with van der Waals surface area (Å²) in [6, 6.07) is 20.2. The van der Waals surface area contributed by atoms with E-state index in [1.54, 1.807) is 0 Å². The lowest BCUT2D eigenvalue weighted by Gasteiger charge is -2.41. The molecule has 3 aromatic rings. The smallest absolute Gasteiger partial charge is 0.333 e. The molecule has 6 nitrogen and oxygen atoms in total. The number of piperidine rings is 1. The molecule has 0 N–H and O–H groups in total. The predicted octanol–water partition coefficient (Wildman–Crippen LogP) is 5.16. The number of hydrogen-bond acceptors (Lipinski definition) is 4. The Kier molecular flexibility index (Phi) is 6.45. The van der Waals surface area contributed by atoms with E-state index in [2.05, 4.69) is 53.4 Å². The molecule has 6 rings (SSSR count). The number of benzene rings is 3. The van der Waals surface area contributed by atoms with Crippen LogP contribution in [0, 0.1) is 11.6 Å². The molecule has 38 heavy (non-hydrogen) atoms. The lowest BCUT2D eigenvalue weighted by Crippen LogP contribution is -2.46. The Hall–Kier alpha value is -3.62. The first kappa shape index (κ1) is 24.7. The van der Waals surface area contributed by atoms with Crippen molar-refractivity contribution in [3.05, 3.63) is 89.5 Å². The summed E-state index contributed by atoms with van der Waals surface area (Å²) in [4.78, 5) is 30.0. The van der Waals surface area contributed by atoms with Crippen molar-refractivity contribution in [1.29, 1.82) is 0 Å². The Morgan fingerprint density at radius 1 is 0.921 bits per heavy atom. The number of carbonyl (C=O) groups is 2. The number of carbonyl (C=O) groups excluding carboxylic acids is 2. The van der Waals surface area contributed by atoms with E-state index in [0.29, 0.717) is 6.42 Å². The molecule has 1 aliphatic carbocycles. The van der Waals surface area contributed by atoms with Crippen LogP contribution in [0.15, 0.2) is 66.7 Å². The van der Waals surface area contributed by atoms with Crippen molar-refractivity contribution in [2.75, 3.05) is 44.4 Å². The zero-order chi connectivity index (χ0) is 26.3. The van der Waals surface area contributed by atoms with Crippen molar-refractivity contribution >= 4 is 17.6 Å². The first-order valence-electron chi connectivity index (χ1n) is 13.0. The van der Waals surface area contributed by atoms with E-state index < -0.39 is 23.6 Å². The van der Waals surface area contributed by atoms with E-state index in [1.807, 2.05) is 0 Å². The first-order valence-corrected chi connectivity index (χ1v) is 13.0. The van der Waals surface area contributed by atoms with Gasteiger partial charge in [0.2, 0.25) is 0 Å². The first-order chi connectivity index (χ1) is 18.5. The zero-order valence-corrected chi connectivity index (χ0v) is 21.0. The third-order valence-corrected chi connectivity index (χ3v) is 8.16. The second kappa shape index (κ2) is 9.93. The maximum absolute atomic E-state index is 14.0. The molecule has 2 heterocycles. The van der Waals surface area contributed by atoms with Crippen LogP contribution in [0.3, 0.4) is 0 Å². The highest BCUT2D eigenvalue weighted by molar-refractivity contribution is 6.03. The summed E-state index contributed by atoms with van der Waals surface area (Å²) in [5.41, 5.74) is 5.72. The van der Waals surface area contributed by atoms with E-state index in [-0.39, 0.29) is 31.0 Å². The summed E-state index contributed by atoms with van der Waals surface area (Å²) in [5.74, 6) is -2.47. The van der Waals surface area contributed by atoms with Gasteiger partial charge >= 0.3 is 6.03 Å². The fraction of sp³-hybridized carbons (Fsp3) is 0.333. The summed E-state index contributed by atoms with van der Waals surface area (Å²) in [6.45, 7) is 2.53. The standard InChI is InChI=1S/C30H29F2N3O3/c31-26-11-10-21(18-27(26)32)34(29(37)35-20-38-19-28(35)36)15-5-14-33-16-12-30(13-17-33)24-8-3-1-6-22(24)23-7-2-4-9-25(23)30/h1-4,6-11,18H,5,12-17,19-20H2. The average molecular weight is 518 g/mol. The molecule has 1 spiro atoms.